The molecule has 1 aromatic carbocycles. The molecule has 1 aliphatic heterocycles. The topological polar surface area (TPSA) is 75.0 Å². The zero-order valence-electron chi connectivity index (χ0n) is 14.6. The van der Waals surface area contributed by atoms with E-state index in [0.717, 1.165) is 35.9 Å². The second-order valence-electron chi connectivity index (χ2n) is 6.63. The van der Waals surface area contributed by atoms with Crippen molar-refractivity contribution >= 4 is 16.8 Å². The molecule has 6 heteroatoms. The zero-order chi connectivity index (χ0) is 17.4. The number of aryl methyl sites for hydroxylation is 2. The quantitative estimate of drug-likeness (QED) is 0.792. The molecule has 4 rings (SSSR count). The van der Waals surface area contributed by atoms with Gasteiger partial charge in [-0.1, -0.05) is 30.3 Å². The monoisotopic (exact) mass is 338 g/mol. The van der Waals surface area contributed by atoms with Gasteiger partial charge in [-0.25, -0.2) is 0 Å². The molecule has 1 N–H and O–H groups in total. The summed E-state index contributed by atoms with van der Waals surface area (Å²) in [6, 6.07) is 6.10. The fourth-order valence-electron chi connectivity index (χ4n) is 3.66. The maximum atomic E-state index is 12.9. The molecule has 1 saturated heterocycles. The van der Waals surface area contributed by atoms with Crippen LogP contribution in [0, 0.1) is 6.92 Å². The molecular weight excluding hydrogens is 316 g/mol. The maximum absolute atomic E-state index is 12.9. The van der Waals surface area contributed by atoms with Gasteiger partial charge >= 0.3 is 0 Å². The average molecular weight is 338 g/mol. The Bertz CT molecular complexity index is 911. The second kappa shape index (κ2) is 6.35. The smallest absolute Gasteiger partial charge is 0.227 e. The van der Waals surface area contributed by atoms with Crippen LogP contribution in [-0.2, 0) is 17.6 Å². The van der Waals surface area contributed by atoms with Crippen molar-refractivity contribution in [2.45, 2.75) is 45.6 Å². The number of hydrogen-bond acceptors (Lipinski definition) is 4. The molecular formula is C19H22N4O2. The second-order valence-corrected chi connectivity index (χ2v) is 6.63. The van der Waals surface area contributed by atoms with Crippen molar-refractivity contribution in [3.63, 3.8) is 0 Å². The van der Waals surface area contributed by atoms with Gasteiger partial charge in [-0.05, 0) is 30.9 Å². The SMILES string of the molecule is CCc1nc([C@@H]2CCCN2C(=O)Cc2c[nH]c3c(C)cccc23)no1. The summed E-state index contributed by atoms with van der Waals surface area (Å²) in [6.07, 6.45) is 4.91. The molecule has 0 bridgehead atoms. The van der Waals surface area contributed by atoms with E-state index in [1.807, 2.05) is 24.1 Å². The van der Waals surface area contributed by atoms with Crippen molar-refractivity contribution in [3.8, 4) is 0 Å². The van der Waals surface area contributed by atoms with E-state index in [1.165, 1.54) is 5.56 Å². The van der Waals surface area contributed by atoms with Crippen molar-refractivity contribution < 1.29 is 9.32 Å². The van der Waals surface area contributed by atoms with Gasteiger partial charge in [0, 0.05) is 30.1 Å². The van der Waals surface area contributed by atoms with Crippen molar-refractivity contribution in [2.24, 2.45) is 0 Å². The number of rotatable bonds is 4. The van der Waals surface area contributed by atoms with Gasteiger partial charge in [-0.15, -0.1) is 0 Å². The Morgan fingerprint density at radius 3 is 3.12 bits per heavy atom. The van der Waals surface area contributed by atoms with Crippen LogP contribution in [0.25, 0.3) is 10.9 Å². The van der Waals surface area contributed by atoms with Crippen LogP contribution in [0.5, 0.6) is 0 Å². The Hall–Kier alpha value is -2.63. The molecule has 0 aliphatic carbocycles. The summed E-state index contributed by atoms with van der Waals surface area (Å²) in [5, 5.41) is 5.20. The predicted octanol–water partition coefficient (Wildman–Crippen LogP) is 3.33. The highest BCUT2D eigenvalue weighted by Crippen LogP contribution is 2.31. The number of likely N-dealkylation sites (tertiary alicyclic amines) is 1. The van der Waals surface area contributed by atoms with E-state index >= 15 is 0 Å². The molecule has 6 nitrogen and oxygen atoms in total. The molecule has 3 aromatic rings. The zero-order valence-corrected chi connectivity index (χ0v) is 14.6. The Morgan fingerprint density at radius 2 is 2.32 bits per heavy atom. The molecule has 1 atom stereocenters. The van der Waals surface area contributed by atoms with Gasteiger partial charge < -0.3 is 14.4 Å². The minimum absolute atomic E-state index is 0.0662. The molecule has 3 heterocycles. The molecule has 1 aliphatic rings. The lowest BCUT2D eigenvalue weighted by atomic mass is 10.1. The van der Waals surface area contributed by atoms with E-state index < -0.39 is 0 Å². The number of carbonyl (C=O) groups excluding carboxylic acids is 1. The van der Waals surface area contributed by atoms with E-state index in [9.17, 15) is 4.79 Å². The maximum Gasteiger partial charge on any atom is 0.227 e. The van der Waals surface area contributed by atoms with E-state index in [4.69, 9.17) is 4.52 Å². The van der Waals surface area contributed by atoms with Crippen LogP contribution in [-0.4, -0.2) is 32.5 Å². The first-order chi connectivity index (χ1) is 12.2. The number of amides is 1. The van der Waals surface area contributed by atoms with E-state index in [2.05, 4.69) is 34.2 Å². The first kappa shape index (κ1) is 15.9. The summed E-state index contributed by atoms with van der Waals surface area (Å²) in [4.78, 5) is 22.5. The Morgan fingerprint density at radius 1 is 1.44 bits per heavy atom. The average Bonchev–Trinajstić information content (AvgIpc) is 3.34. The van der Waals surface area contributed by atoms with Gasteiger partial charge in [0.25, 0.3) is 0 Å². The Balaban J connectivity index is 1.56. The number of para-hydroxylation sites is 1. The van der Waals surface area contributed by atoms with Crippen molar-refractivity contribution in [1.29, 1.82) is 0 Å². The normalized spacial score (nSPS) is 17.5. The van der Waals surface area contributed by atoms with E-state index in [0.29, 0.717) is 24.6 Å². The van der Waals surface area contributed by atoms with Gasteiger partial charge in [-0.3, -0.25) is 4.79 Å². The highest BCUT2D eigenvalue weighted by molar-refractivity contribution is 5.90. The van der Waals surface area contributed by atoms with Gasteiger partial charge in [0.15, 0.2) is 5.82 Å². The Kier molecular flexibility index (Phi) is 4.03. The van der Waals surface area contributed by atoms with Gasteiger partial charge in [-0.2, -0.15) is 4.98 Å². The molecule has 0 spiro atoms. The van der Waals surface area contributed by atoms with Gasteiger partial charge in [0.2, 0.25) is 11.8 Å². The number of benzene rings is 1. The number of carbonyl (C=O) groups is 1. The predicted molar refractivity (Wildman–Crippen MR) is 94.1 cm³/mol. The van der Waals surface area contributed by atoms with Crippen LogP contribution in [0.15, 0.2) is 28.9 Å². The lowest BCUT2D eigenvalue weighted by Crippen LogP contribution is -2.32. The van der Waals surface area contributed by atoms with Crippen LogP contribution in [0.1, 0.15) is 48.6 Å². The molecule has 1 fully saturated rings. The number of hydrogen-bond donors (Lipinski definition) is 1. The van der Waals surface area contributed by atoms with E-state index in [-0.39, 0.29) is 11.9 Å². The van der Waals surface area contributed by atoms with Crippen LogP contribution in [0.4, 0.5) is 0 Å². The number of nitrogens with zero attached hydrogens (tertiary/aromatic N) is 3. The molecule has 0 radical (unpaired) electrons. The third-order valence-corrected chi connectivity index (χ3v) is 5.01. The molecule has 0 unspecified atom stereocenters. The number of fused-ring (bicyclic) bond motifs is 1. The van der Waals surface area contributed by atoms with Crippen molar-refractivity contribution in [2.75, 3.05) is 6.54 Å². The molecule has 0 saturated carbocycles. The summed E-state index contributed by atoms with van der Waals surface area (Å²) >= 11 is 0. The number of aromatic amines is 1. The van der Waals surface area contributed by atoms with E-state index in [1.54, 1.807) is 0 Å². The first-order valence-electron chi connectivity index (χ1n) is 8.85. The highest BCUT2D eigenvalue weighted by Gasteiger charge is 2.33. The Labute approximate surface area is 146 Å². The molecule has 1 amide bonds. The molecule has 130 valence electrons. The number of nitrogens with one attached hydrogen (secondary N) is 1. The lowest BCUT2D eigenvalue weighted by Gasteiger charge is -2.22. The third kappa shape index (κ3) is 2.81. The summed E-state index contributed by atoms with van der Waals surface area (Å²) in [5.74, 6) is 1.38. The van der Waals surface area contributed by atoms with Gasteiger partial charge in [0.05, 0.1) is 12.5 Å². The summed E-state index contributed by atoms with van der Waals surface area (Å²) in [6.45, 7) is 4.80. The molecule has 25 heavy (non-hydrogen) atoms. The largest absolute Gasteiger partial charge is 0.361 e. The van der Waals surface area contributed by atoms with Crippen molar-refractivity contribution in [1.82, 2.24) is 20.0 Å². The molecule has 2 aromatic heterocycles. The number of H-pyrrole nitrogens is 1. The van der Waals surface area contributed by atoms with Gasteiger partial charge in [0.1, 0.15) is 0 Å². The fraction of sp³-hybridized carbons (Fsp3) is 0.421. The minimum Gasteiger partial charge on any atom is -0.361 e. The highest BCUT2D eigenvalue weighted by atomic mass is 16.5. The summed E-state index contributed by atoms with van der Waals surface area (Å²) in [5.41, 5.74) is 3.33. The van der Waals surface area contributed by atoms with Crippen LogP contribution in [0.2, 0.25) is 0 Å². The summed E-state index contributed by atoms with van der Waals surface area (Å²) in [7, 11) is 0. The van der Waals surface area contributed by atoms with Crippen molar-refractivity contribution in [3.05, 3.63) is 47.2 Å². The first-order valence-corrected chi connectivity index (χ1v) is 8.85. The third-order valence-electron chi connectivity index (χ3n) is 5.01. The minimum atomic E-state index is -0.0662. The standard InChI is InChI=1S/C19H22N4O2/c1-3-16-21-19(22-25-16)15-8-5-9-23(15)17(24)10-13-11-20-18-12(2)6-4-7-14(13)18/h4,6-7,11,15,20H,3,5,8-10H2,1-2H3/t15-/m0/s1. The van der Waals surface area contributed by atoms with Crippen LogP contribution < -0.4 is 0 Å². The lowest BCUT2D eigenvalue weighted by molar-refractivity contribution is -0.131. The van der Waals surface area contributed by atoms with Crippen LogP contribution >= 0.6 is 0 Å². The number of aromatic nitrogens is 3. The summed E-state index contributed by atoms with van der Waals surface area (Å²) < 4.78 is 5.23. The fourth-order valence-corrected chi connectivity index (χ4v) is 3.66. The van der Waals surface area contributed by atoms with Crippen LogP contribution in [0.3, 0.4) is 0 Å².